The number of aliphatic hydroxyl groups is 3. The van der Waals surface area contributed by atoms with Crippen LogP contribution in [-0.4, -0.2) is 118 Å². The average molecular weight is 926 g/mol. The molecule has 61 heavy (non-hydrogen) atoms. The zero-order valence-electron chi connectivity index (χ0n) is 35.3. The second-order valence-corrected chi connectivity index (χ2v) is 19.9. The molecule has 3 rings (SSSR count). The van der Waals surface area contributed by atoms with Gasteiger partial charge in [-0.3, -0.25) is 28.0 Å². The minimum absolute atomic E-state index is 0.0509. The number of phosphoric ester groups is 2. The molecule has 0 radical (unpaired) electrons. The quantitative estimate of drug-likeness (QED) is 0.0391. The first-order valence-electron chi connectivity index (χ1n) is 20.9. The van der Waals surface area contributed by atoms with Crippen molar-refractivity contribution in [2.75, 3.05) is 37.8 Å². The second-order valence-electron chi connectivity index (χ2n) is 15.7. The molecule has 9 N–H and O–H groups in total. The zero-order valence-corrected chi connectivity index (χ0v) is 37.9. The lowest BCUT2D eigenvalue weighted by molar-refractivity contribution is -0.137. The number of nitrogens with two attached hydrogens (primary N) is 1. The number of nitrogens with zero attached hydrogens (tertiary/aromatic N) is 4. The molecule has 0 aromatic carbocycles. The van der Waals surface area contributed by atoms with Crippen molar-refractivity contribution in [2.24, 2.45) is 5.41 Å². The number of unbranched alkanes of at least 4 members (excludes halogenated alkanes) is 12. The van der Waals surface area contributed by atoms with E-state index in [9.17, 15) is 48.6 Å². The predicted octanol–water partition coefficient (Wildman–Crippen LogP) is 4.03. The topological polar surface area (TPSA) is 317 Å². The Morgan fingerprint density at radius 2 is 1.49 bits per heavy atom. The third kappa shape index (κ3) is 18.6. The lowest BCUT2D eigenvalue weighted by Crippen LogP contribution is -2.46. The third-order valence-corrected chi connectivity index (χ3v) is 13.5. The second kappa shape index (κ2) is 26.3. The molecular weight excluding hydrogens is 860 g/mol. The Labute approximate surface area is 360 Å². The van der Waals surface area contributed by atoms with Crippen molar-refractivity contribution in [2.45, 2.75) is 148 Å². The lowest BCUT2D eigenvalue weighted by atomic mass is 9.87. The van der Waals surface area contributed by atoms with Crippen molar-refractivity contribution >= 4 is 61.3 Å². The van der Waals surface area contributed by atoms with E-state index in [0.717, 1.165) is 25.6 Å². The molecule has 3 unspecified atom stereocenters. The summed E-state index contributed by atoms with van der Waals surface area (Å²) in [6.45, 7) is 3.25. The van der Waals surface area contributed by atoms with Gasteiger partial charge in [-0.1, -0.05) is 110 Å². The number of nitrogens with one attached hydrogen (secondary N) is 2. The number of rotatable bonds is 31. The van der Waals surface area contributed by atoms with E-state index >= 15 is 0 Å². The molecule has 1 aliphatic rings. The highest BCUT2D eigenvalue weighted by Gasteiger charge is 2.46. The standard InChI is InChI=1S/C37H65N7O14P2S/c1-4-5-6-7-8-9-10-11-12-13-14-15-16-17-28(46)61-21-20-39-27(45)18-19-40-35(50)32(49)37(2,3)23-56-60(53,54)58-59(51,52)55-22-26-30(47)31(48)36(57-26)44-25-43-29-33(38)41-24-42-34(29)44/h24-26,30-32,36,47-49H,4-23H2,1-3H3,(H,39,45)(H,40,50)(H,51,52)(H,53,54)(H2,38,41,42)/t26-,30-,31-,32?,36-/m1/s1. The van der Waals surface area contributed by atoms with Crippen LogP contribution in [0.25, 0.3) is 11.2 Å². The molecule has 0 spiro atoms. The van der Waals surface area contributed by atoms with Crippen molar-refractivity contribution in [3.8, 4) is 0 Å². The Bertz CT molecular complexity index is 1780. The third-order valence-electron chi connectivity index (χ3n) is 10.0. The smallest absolute Gasteiger partial charge is 0.387 e. The van der Waals surface area contributed by atoms with Gasteiger partial charge in [-0.25, -0.2) is 24.1 Å². The van der Waals surface area contributed by atoms with Crippen LogP contribution in [0.4, 0.5) is 5.82 Å². The highest BCUT2D eigenvalue weighted by Crippen LogP contribution is 2.61. The Morgan fingerprint density at radius 1 is 0.885 bits per heavy atom. The Morgan fingerprint density at radius 3 is 2.13 bits per heavy atom. The predicted molar refractivity (Wildman–Crippen MR) is 226 cm³/mol. The number of aromatic nitrogens is 4. The van der Waals surface area contributed by atoms with E-state index in [0.29, 0.717) is 12.2 Å². The number of imidazole rings is 1. The van der Waals surface area contributed by atoms with Gasteiger partial charge in [-0.05, 0) is 6.42 Å². The molecule has 2 aromatic rings. The molecule has 7 atom stereocenters. The number of aliphatic hydroxyl groups excluding tert-OH is 3. The molecule has 2 amide bonds. The van der Waals surface area contributed by atoms with Gasteiger partial charge in [0.05, 0.1) is 19.5 Å². The van der Waals surface area contributed by atoms with Crippen LogP contribution in [0.3, 0.4) is 0 Å². The van der Waals surface area contributed by atoms with Gasteiger partial charge in [-0.15, -0.1) is 0 Å². The van der Waals surface area contributed by atoms with Gasteiger partial charge in [-0.2, -0.15) is 4.31 Å². The molecule has 2 aromatic heterocycles. The summed E-state index contributed by atoms with van der Waals surface area (Å²) < 4.78 is 45.9. The molecule has 348 valence electrons. The summed E-state index contributed by atoms with van der Waals surface area (Å²) >= 11 is 1.17. The van der Waals surface area contributed by atoms with Crippen LogP contribution in [0.15, 0.2) is 12.7 Å². The Hall–Kier alpha value is -2.59. The summed E-state index contributed by atoms with van der Waals surface area (Å²) in [6, 6.07) is 0. The number of amides is 2. The maximum atomic E-state index is 12.6. The lowest BCUT2D eigenvalue weighted by Gasteiger charge is -2.30. The summed E-state index contributed by atoms with van der Waals surface area (Å²) in [4.78, 5) is 69.2. The van der Waals surface area contributed by atoms with Gasteiger partial charge in [0.25, 0.3) is 0 Å². The number of hydrogen-bond acceptors (Lipinski definition) is 17. The molecule has 21 nitrogen and oxygen atoms in total. The van der Waals surface area contributed by atoms with E-state index in [1.807, 2.05) is 0 Å². The summed E-state index contributed by atoms with van der Waals surface area (Å²) in [5, 5.41) is 36.8. The largest absolute Gasteiger partial charge is 0.481 e. The highest BCUT2D eigenvalue weighted by molar-refractivity contribution is 8.13. The molecule has 0 aliphatic carbocycles. The van der Waals surface area contributed by atoms with Crippen LogP contribution in [0.2, 0.25) is 0 Å². The number of carbonyl (C=O) groups excluding carboxylic acids is 3. The van der Waals surface area contributed by atoms with E-state index in [1.165, 1.54) is 101 Å². The summed E-state index contributed by atoms with van der Waals surface area (Å²) in [5.74, 6) is -0.835. The van der Waals surface area contributed by atoms with Crippen LogP contribution in [0.1, 0.15) is 123 Å². The Balaban J connectivity index is 1.26. The van der Waals surface area contributed by atoms with E-state index in [4.69, 9.17) is 19.5 Å². The molecule has 24 heteroatoms. The summed E-state index contributed by atoms with van der Waals surface area (Å²) in [6.07, 6.45) is 11.0. The SMILES string of the molecule is CCCCCCCCCCCCCCCC(=O)SCCNC(=O)CCNC(=O)C(O)C(C)(C)COP(=O)(O)OP(=O)(O)OC[C@H]1O[C@@H](n2cnc3c(N)ncnc32)[C@H](O)[C@@H]1O. The summed E-state index contributed by atoms with van der Waals surface area (Å²) in [7, 11) is -10.8. The maximum Gasteiger partial charge on any atom is 0.481 e. The molecular formula is C37H65N7O14P2S. The van der Waals surface area contributed by atoms with Gasteiger partial charge in [0.1, 0.15) is 36.3 Å². The van der Waals surface area contributed by atoms with Crippen molar-refractivity contribution in [3.05, 3.63) is 12.7 Å². The van der Waals surface area contributed by atoms with Gasteiger partial charge >= 0.3 is 15.6 Å². The minimum atomic E-state index is -5.38. The van der Waals surface area contributed by atoms with Crippen molar-refractivity contribution in [1.82, 2.24) is 30.2 Å². The number of thioether (sulfide) groups is 1. The van der Waals surface area contributed by atoms with Crippen molar-refractivity contribution in [3.63, 3.8) is 0 Å². The number of fused-ring (bicyclic) bond motifs is 1. The summed E-state index contributed by atoms with van der Waals surface area (Å²) in [5.41, 5.74) is 4.59. The number of ether oxygens (including phenoxy) is 1. The van der Waals surface area contributed by atoms with Gasteiger partial charge in [0.2, 0.25) is 11.8 Å². The van der Waals surface area contributed by atoms with E-state index in [2.05, 4.69) is 36.8 Å². The van der Waals surface area contributed by atoms with Crippen LogP contribution in [-0.2, 0) is 41.6 Å². The monoisotopic (exact) mass is 925 g/mol. The first-order valence-corrected chi connectivity index (χ1v) is 24.8. The molecule has 3 heterocycles. The van der Waals surface area contributed by atoms with Gasteiger partial charge < -0.3 is 46.2 Å². The van der Waals surface area contributed by atoms with Gasteiger partial charge in [0, 0.05) is 37.1 Å². The zero-order chi connectivity index (χ0) is 45.1. The fourth-order valence-electron chi connectivity index (χ4n) is 6.38. The van der Waals surface area contributed by atoms with E-state index < -0.39 is 70.8 Å². The van der Waals surface area contributed by atoms with Crippen LogP contribution in [0.5, 0.6) is 0 Å². The highest BCUT2D eigenvalue weighted by atomic mass is 32.2. The first-order chi connectivity index (χ1) is 28.9. The van der Waals surface area contributed by atoms with Crippen LogP contribution < -0.4 is 16.4 Å². The normalized spacial score (nSPS) is 20.6. The average Bonchev–Trinajstić information content (AvgIpc) is 3.76. The first kappa shape index (κ1) is 52.8. The fourth-order valence-corrected chi connectivity index (χ4v) is 9.35. The number of carbonyl (C=O) groups is 3. The molecule has 0 bridgehead atoms. The Kier molecular flexibility index (Phi) is 22.7. The minimum Gasteiger partial charge on any atom is -0.387 e. The van der Waals surface area contributed by atoms with E-state index in [1.54, 1.807) is 0 Å². The molecule has 1 fully saturated rings. The van der Waals surface area contributed by atoms with Crippen LogP contribution >= 0.6 is 27.4 Å². The number of hydrogen-bond donors (Lipinski definition) is 8. The maximum absolute atomic E-state index is 12.6. The van der Waals surface area contributed by atoms with Gasteiger partial charge in [0.15, 0.2) is 22.8 Å². The number of anilines is 1. The molecule has 0 saturated carbocycles. The molecule has 1 aliphatic heterocycles. The van der Waals surface area contributed by atoms with Crippen molar-refractivity contribution < 1.29 is 66.7 Å². The van der Waals surface area contributed by atoms with Crippen molar-refractivity contribution in [1.29, 1.82) is 0 Å². The fraction of sp³-hybridized carbons (Fsp3) is 0.784. The van der Waals surface area contributed by atoms with E-state index in [-0.39, 0.29) is 47.5 Å². The number of phosphoric acid groups is 2. The van der Waals surface area contributed by atoms with Crippen LogP contribution in [0, 0.1) is 5.41 Å². The molecule has 1 saturated heterocycles. The number of nitrogen functional groups attached to an aromatic ring is 1.